The maximum atomic E-state index is 12.6. The molecule has 1 aliphatic rings. The average molecular weight is 394 g/mol. The van der Waals surface area contributed by atoms with Gasteiger partial charge in [-0.3, -0.25) is 14.3 Å². The van der Waals surface area contributed by atoms with Crippen LogP contribution in [-0.2, 0) is 16.1 Å². The summed E-state index contributed by atoms with van der Waals surface area (Å²) in [6, 6.07) is 2.03. The predicted molar refractivity (Wildman–Crippen MR) is 102 cm³/mol. The fourth-order valence-electron chi connectivity index (χ4n) is 3.05. The lowest BCUT2D eigenvalue weighted by atomic mass is 10.0. The summed E-state index contributed by atoms with van der Waals surface area (Å²) in [5, 5.41) is 7.24. The molecule has 2 heterocycles. The number of aryl methyl sites for hydroxylation is 2. The molecule has 0 spiro atoms. The van der Waals surface area contributed by atoms with Crippen molar-refractivity contribution in [2.45, 2.75) is 52.1 Å². The van der Waals surface area contributed by atoms with Crippen LogP contribution in [-0.4, -0.2) is 52.2 Å². The molecule has 1 fully saturated rings. The number of carbonyl (C=O) groups excluding carboxylic acids is 2. The van der Waals surface area contributed by atoms with E-state index in [0.717, 1.165) is 37.2 Å². The van der Waals surface area contributed by atoms with Crippen molar-refractivity contribution in [3.05, 3.63) is 17.5 Å². The monoisotopic (exact) mass is 393 g/mol. The SMILES string of the molecule is Cc1cc(C)n(CC(=O)N2CCCCC2CNC(=O)CCN)n1.Cl.Cl. The highest BCUT2D eigenvalue weighted by Crippen LogP contribution is 2.17. The number of hydrogen-bond acceptors (Lipinski definition) is 4. The van der Waals surface area contributed by atoms with Crippen molar-refractivity contribution in [1.82, 2.24) is 20.0 Å². The first-order valence-corrected chi connectivity index (χ1v) is 8.28. The predicted octanol–water partition coefficient (Wildman–Crippen LogP) is 1.19. The van der Waals surface area contributed by atoms with Crippen molar-refractivity contribution in [1.29, 1.82) is 0 Å². The van der Waals surface area contributed by atoms with Gasteiger partial charge >= 0.3 is 0 Å². The molecule has 0 aliphatic carbocycles. The standard InChI is InChI=1S/C16H27N5O2.2ClH/c1-12-9-13(2)21(19-12)11-16(23)20-8-4-3-5-14(20)10-18-15(22)6-7-17;;/h9,14H,3-8,10-11,17H2,1-2H3,(H,18,22);2*1H. The van der Waals surface area contributed by atoms with Crippen LogP contribution in [0, 0.1) is 13.8 Å². The Labute approximate surface area is 161 Å². The summed E-state index contributed by atoms with van der Waals surface area (Å²) in [6.45, 7) is 5.72. The van der Waals surface area contributed by atoms with Crippen molar-refractivity contribution < 1.29 is 9.59 Å². The number of carbonyl (C=O) groups is 2. The molecule has 2 amide bonds. The topological polar surface area (TPSA) is 93.2 Å². The number of piperidine rings is 1. The second-order valence-corrected chi connectivity index (χ2v) is 6.16. The van der Waals surface area contributed by atoms with Gasteiger partial charge in [0.1, 0.15) is 6.54 Å². The minimum absolute atomic E-state index is 0. The molecule has 0 aromatic carbocycles. The van der Waals surface area contributed by atoms with Gasteiger partial charge in [0.2, 0.25) is 11.8 Å². The molecule has 1 atom stereocenters. The summed E-state index contributed by atoms with van der Waals surface area (Å²) in [5.41, 5.74) is 7.28. The van der Waals surface area contributed by atoms with Crippen LogP contribution in [0.3, 0.4) is 0 Å². The van der Waals surface area contributed by atoms with E-state index in [9.17, 15) is 9.59 Å². The van der Waals surface area contributed by atoms with Gasteiger partial charge in [-0.05, 0) is 39.2 Å². The smallest absolute Gasteiger partial charge is 0.244 e. The highest BCUT2D eigenvalue weighted by molar-refractivity contribution is 5.85. The van der Waals surface area contributed by atoms with Gasteiger partial charge in [-0.1, -0.05) is 0 Å². The van der Waals surface area contributed by atoms with Gasteiger partial charge in [-0.25, -0.2) is 0 Å². The molecule has 1 aromatic rings. The van der Waals surface area contributed by atoms with E-state index in [1.165, 1.54) is 0 Å². The Balaban J connectivity index is 0.00000288. The normalized spacial score (nSPS) is 16.6. The quantitative estimate of drug-likeness (QED) is 0.758. The molecule has 0 bridgehead atoms. The van der Waals surface area contributed by atoms with Crippen LogP contribution in [0.1, 0.15) is 37.1 Å². The van der Waals surface area contributed by atoms with Gasteiger partial charge in [0.25, 0.3) is 0 Å². The van der Waals surface area contributed by atoms with Crippen molar-refractivity contribution in [2.75, 3.05) is 19.6 Å². The number of amides is 2. The van der Waals surface area contributed by atoms with Crippen LogP contribution in [0.4, 0.5) is 0 Å². The molecular formula is C16H29Cl2N5O2. The summed E-state index contributed by atoms with van der Waals surface area (Å²) in [7, 11) is 0. The zero-order valence-electron chi connectivity index (χ0n) is 14.9. The lowest BCUT2D eigenvalue weighted by Crippen LogP contribution is -2.50. The molecule has 9 heteroatoms. The summed E-state index contributed by atoms with van der Waals surface area (Å²) in [6.07, 6.45) is 3.34. The number of halogens is 2. The number of aromatic nitrogens is 2. The summed E-state index contributed by atoms with van der Waals surface area (Å²) >= 11 is 0. The molecule has 25 heavy (non-hydrogen) atoms. The Morgan fingerprint density at radius 3 is 2.64 bits per heavy atom. The van der Waals surface area contributed by atoms with Crippen molar-refractivity contribution >= 4 is 36.6 Å². The van der Waals surface area contributed by atoms with E-state index in [0.29, 0.717) is 19.5 Å². The number of nitrogens with two attached hydrogens (primary N) is 1. The highest BCUT2D eigenvalue weighted by Gasteiger charge is 2.27. The summed E-state index contributed by atoms with van der Waals surface area (Å²) < 4.78 is 1.75. The second-order valence-electron chi connectivity index (χ2n) is 6.16. The average Bonchev–Trinajstić information content (AvgIpc) is 2.83. The molecule has 1 saturated heterocycles. The zero-order valence-corrected chi connectivity index (χ0v) is 16.5. The Hall–Kier alpha value is -1.31. The number of nitrogens with zero attached hydrogens (tertiary/aromatic N) is 3. The molecule has 1 aromatic heterocycles. The van der Waals surface area contributed by atoms with E-state index < -0.39 is 0 Å². The van der Waals surface area contributed by atoms with Crippen LogP contribution >= 0.6 is 24.8 Å². The fraction of sp³-hybridized carbons (Fsp3) is 0.688. The van der Waals surface area contributed by atoms with Crippen LogP contribution in [0.2, 0.25) is 0 Å². The Kier molecular flexibility index (Phi) is 10.7. The van der Waals surface area contributed by atoms with Crippen molar-refractivity contribution in [3.63, 3.8) is 0 Å². The van der Waals surface area contributed by atoms with Crippen LogP contribution in [0.15, 0.2) is 6.07 Å². The van der Waals surface area contributed by atoms with E-state index in [2.05, 4.69) is 10.4 Å². The van der Waals surface area contributed by atoms with E-state index in [-0.39, 0.29) is 49.2 Å². The van der Waals surface area contributed by atoms with E-state index in [4.69, 9.17) is 5.73 Å². The van der Waals surface area contributed by atoms with E-state index in [1.807, 2.05) is 24.8 Å². The summed E-state index contributed by atoms with van der Waals surface area (Å²) in [5.74, 6) is 0.0120. The first-order valence-electron chi connectivity index (χ1n) is 8.28. The zero-order chi connectivity index (χ0) is 16.8. The first-order chi connectivity index (χ1) is 11.0. The van der Waals surface area contributed by atoms with Gasteiger partial charge in [-0.15, -0.1) is 24.8 Å². The number of rotatable bonds is 6. The minimum atomic E-state index is -0.0518. The maximum Gasteiger partial charge on any atom is 0.244 e. The number of nitrogens with one attached hydrogen (secondary N) is 1. The molecule has 144 valence electrons. The van der Waals surface area contributed by atoms with Gasteiger partial charge < -0.3 is 16.0 Å². The molecule has 2 rings (SSSR count). The minimum Gasteiger partial charge on any atom is -0.354 e. The van der Waals surface area contributed by atoms with Crippen LogP contribution in [0.5, 0.6) is 0 Å². The lowest BCUT2D eigenvalue weighted by molar-refractivity contribution is -0.136. The Morgan fingerprint density at radius 2 is 2.04 bits per heavy atom. The fourth-order valence-corrected chi connectivity index (χ4v) is 3.05. The third kappa shape index (κ3) is 6.84. The van der Waals surface area contributed by atoms with Gasteiger partial charge in [0.05, 0.1) is 5.69 Å². The molecule has 0 radical (unpaired) electrons. The number of likely N-dealkylation sites (tertiary alicyclic amines) is 1. The Bertz CT molecular complexity index is 565. The summed E-state index contributed by atoms with van der Waals surface area (Å²) in [4.78, 5) is 26.1. The first kappa shape index (κ1) is 23.7. The van der Waals surface area contributed by atoms with Gasteiger partial charge in [0, 0.05) is 37.8 Å². The van der Waals surface area contributed by atoms with Crippen molar-refractivity contribution in [3.8, 4) is 0 Å². The molecule has 1 aliphatic heterocycles. The lowest BCUT2D eigenvalue weighted by Gasteiger charge is -2.36. The largest absolute Gasteiger partial charge is 0.354 e. The second kappa shape index (κ2) is 11.3. The maximum absolute atomic E-state index is 12.6. The van der Waals surface area contributed by atoms with E-state index in [1.54, 1.807) is 4.68 Å². The van der Waals surface area contributed by atoms with Crippen LogP contribution in [0.25, 0.3) is 0 Å². The molecule has 3 N–H and O–H groups in total. The molecule has 1 unspecified atom stereocenters. The number of hydrogen-bond donors (Lipinski definition) is 2. The van der Waals surface area contributed by atoms with E-state index >= 15 is 0 Å². The third-order valence-electron chi connectivity index (χ3n) is 4.24. The molecule has 0 saturated carbocycles. The Morgan fingerprint density at radius 1 is 1.32 bits per heavy atom. The van der Waals surface area contributed by atoms with Gasteiger partial charge in [0.15, 0.2) is 0 Å². The van der Waals surface area contributed by atoms with Gasteiger partial charge in [-0.2, -0.15) is 5.10 Å². The molecular weight excluding hydrogens is 365 g/mol. The van der Waals surface area contributed by atoms with Crippen molar-refractivity contribution in [2.24, 2.45) is 5.73 Å². The van der Waals surface area contributed by atoms with Crippen LogP contribution < -0.4 is 11.1 Å². The molecule has 7 nitrogen and oxygen atoms in total. The highest BCUT2D eigenvalue weighted by atomic mass is 35.5. The third-order valence-corrected chi connectivity index (χ3v) is 4.24.